The number of hydrogen-bond donors (Lipinski definition) is 3. The summed E-state index contributed by atoms with van der Waals surface area (Å²) in [5, 5.41) is 21.9. The molecule has 0 unspecified atom stereocenters. The van der Waals surface area contributed by atoms with Gasteiger partial charge in [0.05, 0.1) is 30.1 Å². The summed E-state index contributed by atoms with van der Waals surface area (Å²) in [5.41, 5.74) is 2.07. The van der Waals surface area contributed by atoms with Gasteiger partial charge in [0, 0.05) is 17.7 Å². The maximum Gasteiger partial charge on any atom is 0.338 e. The number of nitrogens with zero attached hydrogens (tertiary/aromatic N) is 2. The first-order valence-electron chi connectivity index (χ1n) is 10.0. The highest BCUT2D eigenvalue weighted by molar-refractivity contribution is 5.92. The molecule has 1 heterocycles. The second-order valence-electron chi connectivity index (χ2n) is 7.25. The summed E-state index contributed by atoms with van der Waals surface area (Å²) in [6, 6.07) is 12.8. The van der Waals surface area contributed by atoms with Crippen molar-refractivity contribution in [2.45, 2.75) is 6.54 Å². The zero-order valence-electron chi connectivity index (χ0n) is 17.8. The number of aromatic carboxylic acids is 1. The number of ether oxygens (including phenoxy) is 1. The van der Waals surface area contributed by atoms with Crippen LogP contribution < -0.4 is 5.32 Å². The SMILES string of the molecule is COC(=O)c1ccc(-c2cnn[nH]2)cc1CNc1c(F)ccc(-c2ccc(C(=O)O)cc2)c1F. The Morgan fingerprint density at radius 1 is 1.06 bits per heavy atom. The summed E-state index contributed by atoms with van der Waals surface area (Å²) >= 11 is 0. The highest BCUT2D eigenvalue weighted by Gasteiger charge is 2.18. The molecule has 10 heteroatoms. The summed E-state index contributed by atoms with van der Waals surface area (Å²) in [5.74, 6) is -3.38. The normalized spacial score (nSPS) is 10.7. The molecule has 4 rings (SSSR count). The number of carboxylic acids is 1. The third-order valence-electron chi connectivity index (χ3n) is 5.23. The van der Waals surface area contributed by atoms with E-state index in [0.717, 1.165) is 6.07 Å². The van der Waals surface area contributed by atoms with Crippen molar-refractivity contribution in [3.05, 3.63) is 89.1 Å². The quantitative estimate of drug-likeness (QED) is 0.345. The highest BCUT2D eigenvalue weighted by Crippen LogP contribution is 2.31. The van der Waals surface area contributed by atoms with Crippen molar-refractivity contribution < 1.29 is 28.2 Å². The molecule has 34 heavy (non-hydrogen) atoms. The van der Waals surface area contributed by atoms with E-state index in [9.17, 15) is 14.0 Å². The van der Waals surface area contributed by atoms with E-state index in [2.05, 4.69) is 20.7 Å². The molecule has 4 aromatic rings. The van der Waals surface area contributed by atoms with Crippen LogP contribution in [0.3, 0.4) is 0 Å². The number of H-pyrrole nitrogens is 1. The van der Waals surface area contributed by atoms with Crippen LogP contribution >= 0.6 is 0 Å². The fourth-order valence-corrected chi connectivity index (χ4v) is 3.47. The zero-order valence-corrected chi connectivity index (χ0v) is 17.8. The largest absolute Gasteiger partial charge is 0.478 e. The maximum atomic E-state index is 15.3. The third kappa shape index (κ3) is 4.46. The van der Waals surface area contributed by atoms with Crippen LogP contribution in [0.15, 0.2) is 60.8 Å². The van der Waals surface area contributed by atoms with Crippen molar-refractivity contribution in [2.75, 3.05) is 12.4 Å². The number of carboxylic acid groups (broad SMARTS) is 1. The van der Waals surface area contributed by atoms with Gasteiger partial charge in [-0.2, -0.15) is 0 Å². The van der Waals surface area contributed by atoms with E-state index in [4.69, 9.17) is 9.84 Å². The maximum absolute atomic E-state index is 15.3. The molecule has 0 spiro atoms. The Morgan fingerprint density at radius 3 is 2.44 bits per heavy atom. The molecule has 172 valence electrons. The molecule has 0 radical (unpaired) electrons. The van der Waals surface area contributed by atoms with E-state index in [-0.39, 0.29) is 28.9 Å². The lowest BCUT2D eigenvalue weighted by Gasteiger charge is -2.15. The van der Waals surface area contributed by atoms with Gasteiger partial charge in [0.15, 0.2) is 5.82 Å². The third-order valence-corrected chi connectivity index (χ3v) is 5.23. The second kappa shape index (κ2) is 9.49. The predicted molar refractivity (Wildman–Crippen MR) is 119 cm³/mol. The molecule has 8 nitrogen and oxygen atoms in total. The predicted octanol–water partition coefficient (Wildman–Crippen LogP) is 4.51. The molecule has 0 aliphatic rings. The Labute approximate surface area is 192 Å². The van der Waals surface area contributed by atoms with Gasteiger partial charge in [-0.3, -0.25) is 5.10 Å². The summed E-state index contributed by atoms with van der Waals surface area (Å²) < 4.78 is 34.7. The second-order valence-corrected chi connectivity index (χ2v) is 7.25. The summed E-state index contributed by atoms with van der Waals surface area (Å²) in [6.07, 6.45) is 1.50. The number of aromatic amines is 1. The number of hydrogen-bond acceptors (Lipinski definition) is 6. The standard InChI is InChI=1S/C24H18F2N4O4/c1-34-24(33)18-7-6-15(20-12-28-30-29-20)10-16(18)11-27-22-19(25)9-8-17(21(22)26)13-2-4-14(5-3-13)23(31)32/h2-10,12,27H,11H2,1H3,(H,31,32)(H,28,29,30). The van der Waals surface area contributed by atoms with Gasteiger partial charge in [-0.15, -0.1) is 5.10 Å². The minimum Gasteiger partial charge on any atom is -0.478 e. The number of anilines is 1. The molecule has 0 bridgehead atoms. The zero-order chi connectivity index (χ0) is 24.2. The number of aromatic nitrogens is 3. The van der Waals surface area contributed by atoms with Crippen molar-refractivity contribution in [3.8, 4) is 22.4 Å². The Hall–Kier alpha value is -4.60. The lowest BCUT2D eigenvalue weighted by Crippen LogP contribution is -2.11. The number of carbonyl (C=O) groups excluding carboxylic acids is 1. The van der Waals surface area contributed by atoms with Gasteiger partial charge >= 0.3 is 11.9 Å². The van der Waals surface area contributed by atoms with Crippen molar-refractivity contribution in [1.29, 1.82) is 0 Å². The van der Waals surface area contributed by atoms with Crippen LogP contribution in [0.1, 0.15) is 26.3 Å². The Balaban J connectivity index is 1.67. The number of benzene rings is 3. The average Bonchev–Trinajstić information content (AvgIpc) is 3.38. The smallest absolute Gasteiger partial charge is 0.338 e. The van der Waals surface area contributed by atoms with Crippen molar-refractivity contribution in [3.63, 3.8) is 0 Å². The van der Waals surface area contributed by atoms with E-state index in [1.165, 1.54) is 43.6 Å². The van der Waals surface area contributed by atoms with Gasteiger partial charge in [0.25, 0.3) is 0 Å². The molecule has 0 aliphatic heterocycles. The summed E-state index contributed by atoms with van der Waals surface area (Å²) in [4.78, 5) is 23.3. The van der Waals surface area contributed by atoms with Gasteiger partial charge < -0.3 is 15.2 Å². The van der Waals surface area contributed by atoms with E-state index in [1.54, 1.807) is 18.2 Å². The lowest BCUT2D eigenvalue weighted by atomic mass is 10.0. The van der Waals surface area contributed by atoms with Crippen LogP contribution in [0, 0.1) is 11.6 Å². The highest BCUT2D eigenvalue weighted by atomic mass is 19.1. The van der Waals surface area contributed by atoms with Crippen LogP contribution in [0.5, 0.6) is 0 Å². The minimum absolute atomic E-state index is 0.0484. The fourth-order valence-electron chi connectivity index (χ4n) is 3.47. The van der Waals surface area contributed by atoms with Crippen LogP contribution in [0.25, 0.3) is 22.4 Å². The van der Waals surface area contributed by atoms with Crippen LogP contribution in [0.4, 0.5) is 14.5 Å². The summed E-state index contributed by atoms with van der Waals surface area (Å²) in [7, 11) is 1.24. The van der Waals surface area contributed by atoms with E-state index in [0.29, 0.717) is 22.4 Å². The number of carbonyl (C=O) groups is 2. The fraction of sp³-hybridized carbons (Fsp3) is 0.0833. The monoisotopic (exact) mass is 464 g/mol. The molecular formula is C24H18F2N4O4. The van der Waals surface area contributed by atoms with Crippen LogP contribution in [-0.4, -0.2) is 39.6 Å². The summed E-state index contributed by atoms with van der Waals surface area (Å²) in [6.45, 7) is -0.0882. The molecule has 0 saturated heterocycles. The number of rotatable bonds is 7. The number of nitrogens with one attached hydrogen (secondary N) is 2. The van der Waals surface area contributed by atoms with Gasteiger partial charge in [0.2, 0.25) is 0 Å². The molecule has 1 aromatic heterocycles. The molecular weight excluding hydrogens is 446 g/mol. The first-order valence-corrected chi connectivity index (χ1v) is 10.0. The van der Waals surface area contributed by atoms with E-state index < -0.39 is 23.6 Å². The van der Waals surface area contributed by atoms with Crippen LogP contribution in [0.2, 0.25) is 0 Å². The van der Waals surface area contributed by atoms with Gasteiger partial charge in [-0.25, -0.2) is 18.4 Å². The molecule has 3 N–H and O–H groups in total. The van der Waals surface area contributed by atoms with Gasteiger partial charge in [-0.05, 0) is 47.5 Å². The Bertz CT molecular complexity index is 1360. The van der Waals surface area contributed by atoms with Gasteiger partial charge in [-0.1, -0.05) is 23.4 Å². The molecule has 0 fully saturated rings. The van der Waals surface area contributed by atoms with Crippen molar-refractivity contribution >= 4 is 17.6 Å². The molecule has 0 aliphatic carbocycles. The number of esters is 1. The molecule has 0 atom stereocenters. The van der Waals surface area contributed by atoms with Crippen LogP contribution in [-0.2, 0) is 11.3 Å². The van der Waals surface area contributed by atoms with E-state index >= 15 is 4.39 Å². The Morgan fingerprint density at radius 2 is 1.79 bits per heavy atom. The van der Waals surface area contributed by atoms with Gasteiger partial charge in [0.1, 0.15) is 11.5 Å². The topological polar surface area (TPSA) is 117 Å². The van der Waals surface area contributed by atoms with E-state index in [1.807, 2.05) is 0 Å². The molecule has 0 saturated carbocycles. The number of halogens is 2. The van der Waals surface area contributed by atoms with Crippen molar-refractivity contribution in [2.24, 2.45) is 0 Å². The Kier molecular flexibility index (Phi) is 6.30. The lowest BCUT2D eigenvalue weighted by molar-refractivity contribution is 0.0598. The average molecular weight is 464 g/mol. The minimum atomic E-state index is -1.11. The first kappa shape index (κ1) is 22.6. The number of methoxy groups -OCH3 is 1. The van der Waals surface area contributed by atoms with Crippen molar-refractivity contribution in [1.82, 2.24) is 15.4 Å². The molecule has 0 amide bonds. The first-order chi connectivity index (χ1) is 16.4. The molecule has 3 aromatic carbocycles.